The quantitative estimate of drug-likeness (QED) is 0.524. The maximum absolute atomic E-state index is 5.73. The number of nitrogens with zero attached hydrogens (tertiary/aromatic N) is 2. The molecular weight excluding hydrogens is 224 g/mol. The van der Waals surface area contributed by atoms with Gasteiger partial charge in [-0.1, -0.05) is 26.7 Å². The lowest BCUT2D eigenvalue weighted by atomic mass is 9.87. The average Bonchev–Trinajstić information content (AvgIpc) is 2.76. The van der Waals surface area contributed by atoms with Crippen LogP contribution in [0.4, 0.5) is 0 Å². The zero-order chi connectivity index (χ0) is 13.4. The second-order valence-corrected chi connectivity index (χ2v) is 5.17. The smallest absolute Gasteiger partial charge is 0.0521 e. The summed E-state index contributed by atoms with van der Waals surface area (Å²) in [5.74, 6) is 6.43. The summed E-state index contributed by atoms with van der Waals surface area (Å²) in [5, 5.41) is 4.20. The summed E-state index contributed by atoms with van der Waals surface area (Å²) in [5.41, 5.74) is 4.32. The number of nitrogens with one attached hydrogen (secondary N) is 1. The zero-order valence-corrected chi connectivity index (χ0v) is 12.0. The third-order valence-corrected chi connectivity index (χ3v) is 3.60. The minimum atomic E-state index is 0.421. The molecule has 0 spiro atoms. The molecule has 104 valence electrons. The molecule has 0 bridgehead atoms. The molecule has 0 saturated carbocycles. The fraction of sp³-hybridized carbons (Fsp3) is 0.786. The summed E-state index contributed by atoms with van der Waals surface area (Å²) in [6, 6.07) is 0.421. The van der Waals surface area contributed by atoms with E-state index in [4.69, 9.17) is 5.84 Å². The van der Waals surface area contributed by atoms with Crippen molar-refractivity contribution in [2.75, 3.05) is 0 Å². The van der Waals surface area contributed by atoms with E-state index in [1.807, 2.05) is 17.9 Å². The van der Waals surface area contributed by atoms with E-state index in [0.29, 0.717) is 12.0 Å². The maximum Gasteiger partial charge on any atom is 0.0521 e. The van der Waals surface area contributed by atoms with Crippen molar-refractivity contribution in [2.45, 2.75) is 58.4 Å². The Bertz CT molecular complexity index is 315. The van der Waals surface area contributed by atoms with Crippen LogP contribution in [-0.2, 0) is 13.5 Å². The number of aromatic nitrogens is 2. The summed E-state index contributed by atoms with van der Waals surface area (Å²) < 4.78 is 1.86. The van der Waals surface area contributed by atoms with Crippen LogP contribution in [0.25, 0.3) is 0 Å². The van der Waals surface area contributed by atoms with Crippen LogP contribution in [0.2, 0.25) is 0 Å². The lowest BCUT2D eigenvalue weighted by molar-refractivity contribution is 0.299. The molecule has 18 heavy (non-hydrogen) atoms. The molecule has 1 aromatic rings. The Morgan fingerprint density at radius 3 is 2.39 bits per heavy atom. The molecule has 1 rings (SSSR count). The first-order valence-electron chi connectivity index (χ1n) is 7.14. The highest BCUT2D eigenvalue weighted by atomic mass is 15.2. The van der Waals surface area contributed by atoms with Crippen LogP contribution in [0.5, 0.6) is 0 Å². The van der Waals surface area contributed by atoms with Crippen molar-refractivity contribution < 1.29 is 0 Å². The van der Waals surface area contributed by atoms with Crippen LogP contribution in [0.3, 0.4) is 0 Å². The molecular formula is C14H28N4. The fourth-order valence-electron chi connectivity index (χ4n) is 2.67. The van der Waals surface area contributed by atoms with Crippen LogP contribution in [0.1, 0.15) is 51.5 Å². The zero-order valence-electron chi connectivity index (χ0n) is 12.0. The summed E-state index contributed by atoms with van der Waals surface area (Å²) >= 11 is 0. The first-order chi connectivity index (χ1) is 8.71. The van der Waals surface area contributed by atoms with Gasteiger partial charge in [-0.3, -0.25) is 16.0 Å². The van der Waals surface area contributed by atoms with Gasteiger partial charge in [0.2, 0.25) is 0 Å². The molecule has 0 radical (unpaired) electrons. The number of hydrogen-bond acceptors (Lipinski definition) is 3. The van der Waals surface area contributed by atoms with Gasteiger partial charge in [-0.25, -0.2) is 0 Å². The van der Waals surface area contributed by atoms with Crippen molar-refractivity contribution in [3.05, 3.63) is 18.0 Å². The van der Waals surface area contributed by atoms with E-state index in [1.54, 1.807) is 0 Å². The van der Waals surface area contributed by atoms with Gasteiger partial charge in [-0.2, -0.15) is 5.10 Å². The average molecular weight is 252 g/mol. The Kier molecular flexibility index (Phi) is 6.98. The van der Waals surface area contributed by atoms with Gasteiger partial charge in [-0.05, 0) is 37.2 Å². The molecule has 0 aliphatic carbocycles. The molecule has 0 aliphatic heterocycles. The maximum atomic E-state index is 5.73. The van der Waals surface area contributed by atoms with Gasteiger partial charge in [0.1, 0.15) is 0 Å². The van der Waals surface area contributed by atoms with E-state index >= 15 is 0 Å². The lowest BCUT2D eigenvalue weighted by Gasteiger charge is -2.26. The highest BCUT2D eigenvalue weighted by molar-refractivity contribution is 5.04. The summed E-state index contributed by atoms with van der Waals surface area (Å²) in [6.45, 7) is 4.49. The molecule has 1 aromatic heterocycles. The molecule has 0 amide bonds. The number of aryl methyl sites for hydroxylation is 2. The van der Waals surface area contributed by atoms with Crippen molar-refractivity contribution in [2.24, 2.45) is 18.8 Å². The van der Waals surface area contributed by atoms with E-state index in [-0.39, 0.29) is 0 Å². The fourth-order valence-corrected chi connectivity index (χ4v) is 2.67. The molecule has 0 aliphatic rings. The highest BCUT2D eigenvalue weighted by Gasteiger charge is 2.18. The predicted octanol–water partition coefficient (Wildman–Crippen LogP) is 2.40. The Balaban J connectivity index is 2.48. The third kappa shape index (κ3) is 4.78. The van der Waals surface area contributed by atoms with Gasteiger partial charge in [0.05, 0.1) is 6.20 Å². The van der Waals surface area contributed by atoms with Crippen molar-refractivity contribution in [1.82, 2.24) is 15.2 Å². The third-order valence-electron chi connectivity index (χ3n) is 3.60. The van der Waals surface area contributed by atoms with Gasteiger partial charge in [0.15, 0.2) is 0 Å². The largest absolute Gasteiger partial charge is 0.276 e. The second kappa shape index (κ2) is 8.27. The van der Waals surface area contributed by atoms with Crippen LogP contribution < -0.4 is 11.3 Å². The van der Waals surface area contributed by atoms with E-state index in [9.17, 15) is 0 Å². The molecule has 4 heteroatoms. The number of hydrogen-bond donors (Lipinski definition) is 2. The molecule has 0 aromatic carbocycles. The Morgan fingerprint density at radius 2 is 1.94 bits per heavy atom. The minimum Gasteiger partial charge on any atom is -0.276 e. The summed E-state index contributed by atoms with van der Waals surface area (Å²) in [4.78, 5) is 0. The summed E-state index contributed by atoms with van der Waals surface area (Å²) in [7, 11) is 1.96. The molecule has 1 heterocycles. The summed E-state index contributed by atoms with van der Waals surface area (Å²) in [6.07, 6.45) is 11.2. The lowest BCUT2D eigenvalue weighted by Crippen LogP contribution is -2.41. The Labute approximate surface area is 111 Å². The first kappa shape index (κ1) is 15.2. The molecule has 1 atom stereocenters. The number of rotatable bonds is 9. The standard InChI is InChI=1S/C14H28N4/c1-4-6-13(7-5-2)14(17-15)9-8-12-10-16-18(3)11-12/h10-11,13-14,17H,4-9,15H2,1-3H3. The van der Waals surface area contributed by atoms with Crippen LogP contribution in [0.15, 0.2) is 12.4 Å². The van der Waals surface area contributed by atoms with Crippen molar-refractivity contribution in [1.29, 1.82) is 0 Å². The normalized spacial score (nSPS) is 13.2. The number of nitrogens with two attached hydrogens (primary N) is 1. The Hall–Kier alpha value is -0.870. The van der Waals surface area contributed by atoms with Gasteiger partial charge >= 0.3 is 0 Å². The molecule has 4 nitrogen and oxygen atoms in total. The molecule has 0 saturated heterocycles. The van der Waals surface area contributed by atoms with Crippen LogP contribution >= 0.6 is 0 Å². The van der Waals surface area contributed by atoms with Crippen LogP contribution in [-0.4, -0.2) is 15.8 Å². The van der Waals surface area contributed by atoms with Gasteiger partial charge < -0.3 is 0 Å². The van der Waals surface area contributed by atoms with Crippen molar-refractivity contribution >= 4 is 0 Å². The van der Waals surface area contributed by atoms with Crippen molar-refractivity contribution in [3.63, 3.8) is 0 Å². The van der Waals surface area contributed by atoms with E-state index in [1.165, 1.54) is 31.2 Å². The monoisotopic (exact) mass is 252 g/mol. The number of hydrazine groups is 1. The van der Waals surface area contributed by atoms with Gasteiger partial charge in [0, 0.05) is 19.3 Å². The SMILES string of the molecule is CCCC(CCC)C(CCc1cnn(C)c1)NN. The van der Waals surface area contributed by atoms with E-state index in [0.717, 1.165) is 12.8 Å². The first-order valence-corrected chi connectivity index (χ1v) is 7.14. The van der Waals surface area contributed by atoms with E-state index < -0.39 is 0 Å². The van der Waals surface area contributed by atoms with Crippen molar-refractivity contribution in [3.8, 4) is 0 Å². The molecule has 1 unspecified atom stereocenters. The van der Waals surface area contributed by atoms with Gasteiger partial charge in [-0.15, -0.1) is 0 Å². The highest BCUT2D eigenvalue weighted by Crippen LogP contribution is 2.21. The molecule has 3 N–H and O–H groups in total. The predicted molar refractivity (Wildman–Crippen MR) is 75.9 cm³/mol. The van der Waals surface area contributed by atoms with E-state index in [2.05, 4.69) is 30.6 Å². The molecule has 0 fully saturated rings. The topological polar surface area (TPSA) is 55.9 Å². The second-order valence-electron chi connectivity index (χ2n) is 5.17. The Morgan fingerprint density at radius 1 is 1.28 bits per heavy atom. The minimum absolute atomic E-state index is 0.421. The van der Waals surface area contributed by atoms with Gasteiger partial charge in [0.25, 0.3) is 0 Å². The van der Waals surface area contributed by atoms with Crippen LogP contribution in [0, 0.1) is 5.92 Å².